The van der Waals surface area contributed by atoms with Gasteiger partial charge in [-0.05, 0) is 93.0 Å². The van der Waals surface area contributed by atoms with Gasteiger partial charge < -0.3 is 19.8 Å². The molecule has 0 unspecified atom stereocenters. The average Bonchev–Trinajstić information content (AvgIpc) is 4.03. The molecule has 0 saturated carbocycles. The number of benzene rings is 6. The van der Waals surface area contributed by atoms with E-state index >= 15 is 0 Å². The van der Waals surface area contributed by atoms with E-state index in [1.54, 1.807) is 0 Å². The molecule has 0 bridgehead atoms. The molecule has 0 spiro atoms. The van der Waals surface area contributed by atoms with Crippen LogP contribution in [-0.2, 0) is 31.5 Å². The Hall–Kier alpha value is -6.69. The van der Waals surface area contributed by atoms with Crippen LogP contribution < -0.4 is 10.6 Å². The molecule has 4 aliphatic rings. The van der Waals surface area contributed by atoms with Crippen molar-refractivity contribution >= 4 is 23.2 Å². The van der Waals surface area contributed by atoms with Crippen LogP contribution in [0.5, 0.6) is 0 Å². The molecule has 8 aromatic rings. The predicted octanol–water partition coefficient (Wildman–Crippen LogP) is 10.1. The van der Waals surface area contributed by atoms with Crippen LogP contribution in [0.4, 0.5) is 0 Å². The molecule has 268 valence electrons. The molecule has 0 radical (unpaired) electrons. The monoisotopic (exact) mass is 721 g/mol. The van der Waals surface area contributed by atoms with Crippen LogP contribution >= 0.6 is 0 Å². The highest BCUT2D eigenvalue weighted by Crippen LogP contribution is 2.58. The molecule has 56 heavy (non-hydrogen) atoms. The van der Waals surface area contributed by atoms with Crippen molar-refractivity contribution in [3.63, 3.8) is 0 Å². The molecule has 0 amide bonds. The minimum Gasteiger partial charge on any atom is -0.385 e. The highest BCUT2D eigenvalue weighted by Gasteiger charge is 2.47. The molecule has 3 aliphatic heterocycles. The molecule has 5 nitrogen and oxygen atoms in total. The van der Waals surface area contributed by atoms with E-state index in [9.17, 15) is 0 Å². The molecule has 2 aromatic heterocycles. The van der Waals surface area contributed by atoms with Crippen LogP contribution in [0.25, 0.3) is 50.6 Å². The number of nitrogens with zero attached hydrogens (tertiary/aromatic N) is 3. The number of hydrogen-bond acceptors (Lipinski definition) is 3. The highest BCUT2D eigenvalue weighted by atomic mass is 15.1. The normalized spacial score (nSPS) is 15.6. The van der Waals surface area contributed by atoms with E-state index in [1.165, 1.54) is 94.9 Å². The van der Waals surface area contributed by atoms with Crippen molar-refractivity contribution in [1.82, 2.24) is 19.8 Å². The van der Waals surface area contributed by atoms with Gasteiger partial charge in [-0.2, -0.15) is 0 Å². The maximum Gasteiger partial charge on any atom is 0.0714 e. The lowest BCUT2D eigenvalue weighted by molar-refractivity contribution is 0.732. The summed E-state index contributed by atoms with van der Waals surface area (Å²) in [4.78, 5) is 4.65. The van der Waals surface area contributed by atoms with Crippen LogP contribution in [0.1, 0.15) is 56.0 Å². The Kier molecular flexibility index (Phi) is 6.87. The Morgan fingerprint density at radius 2 is 1.25 bits per heavy atom. The number of nitrogens with one attached hydrogen (secondary N) is 2. The topological polar surface area (TPSA) is 46.3 Å². The summed E-state index contributed by atoms with van der Waals surface area (Å²) in [5, 5.41) is 8.39. The van der Waals surface area contributed by atoms with Gasteiger partial charge in [0, 0.05) is 59.4 Å². The Balaban J connectivity index is 1.02. The summed E-state index contributed by atoms with van der Waals surface area (Å²) in [5.74, 6) is 0. The van der Waals surface area contributed by atoms with Gasteiger partial charge in [0.2, 0.25) is 0 Å². The van der Waals surface area contributed by atoms with E-state index in [4.69, 9.17) is 0 Å². The SMILES string of the molecule is C1=Cc2c(n(-c3ccc(-c4ccc(-n5c6c(c7c5CNC7)CCN=C6)cc4)cc3)c3c4c(ccc23)C(c2ccccc2)(c2ccccc2)c2ccccc2-4)CN1. The van der Waals surface area contributed by atoms with E-state index < -0.39 is 5.41 Å². The highest BCUT2D eigenvalue weighted by molar-refractivity contribution is 6.07. The van der Waals surface area contributed by atoms with Gasteiger partial charge in [0.25, 0.3) is 0 Å². The van der Waals surface area contributed by atoms with Crippen molar-refractivity contribution in [2.45, 2.75) is 31.5 Å². The Morgan fingerprint density at radius 3 is 1.98 bits per heavy atom. The summed E-state index contributed by atoms with van der Waals surface area (Å²) < 4.78 is 4.95. The number of hydrogen-bond donors (Lipinski definition) is 2. The zero-order valence-corrected chi connectivity index (χ0v) is 31.0. The van der Waals surface area contributed by atoms with Gasteiger partial charge in [-0.3, -0.25) is 4.99 Å². The van der Waals surface area contributed by atoms with Gasteiger partial charge in [0.15, 0.2) is 0 Å². The summed E-state index contributed by atoms with van der Waals surface area (Å²) in [6.45, 7) is 3.49. The van der Waals surface area contributed by atoms with Crippen LogP contribution in [0.2, 0.25) is 0 Å². The fourth-order valence-corrected chi connectivity index (χ4v) is 10.4. The van der Waals surface area contributed by atoms with Crippen molar-refractivity contribution in [3.05, 3.63) is 208 Å². The zero-order chi connectivity index (χ0) is 36.8. The molecular weight excluding hydrogens is 683 g/mol. The summed E-state index contributed by atoms with van der Waals surface area (Å²) in [6, 6.07) is 54.3. The smallest absolute Gasteiger partial charge is 0.0714 e. The van der Waals surface area contributed by atoms with E-state index in [2.05, 4.69) is 189 Å². The van der Waals surface area contributed by atoms with Crippen molar-refractivity contribution in [3.8, 4) is 33.6 Å². The van der Waals surface area contributed by atoms with Crippen molar-refractivity contribution < 1.29 is 0 Å². The zero-order valence-electron chi connectivity index (χ0n) is 31.0. The molecule has 12 rings (SSSR count). The van der Waals surface area contributed by atoms with Crippen molar-refractivity contribution in [2.75, 3.05) is 6.54 Å². The first-order valence-corrected chi connectivity index (χ1v) is 19.8. The molecule has 0 fully saturated rings. The van der Waals surface area contributed by atoms with E-state index in [0.29, 0.717) is 0 Å². The third kappa shape index (κ3) is 4.32. The summed E-state index contributed by atoms with van der Waals surface area (Å²) >= 11 is 0. The first kappa shape index (κ1) is 31.6. The standard InChI is InChI=1S/C51H39N5/c1-3-9-35(10-4-1)51(36-11-5-2-6-12-36)44-14-8-7-13-42(44)49-45(51)24-23-41-39-25-27-53-31-47(39)56(50(41)49)38-21-17-34(18-22-38)33-15-19-37(20-16-33)55-46-30-52-28-26-40(46)43-29-54-32-48(43)55/h1-25,27,30,53-54H,26,28-29,31-32H2. The molecule has 5 heteroatoms. The second kappa shape index (κ2) is 12.2. The number of rotatable bonds is 5. The number of aliphatic imine (C=N–C) groups is 1. The Labute approximate surface area is 326 Å². The Bertz CT molecular complexity index is 2870. The lowest BCUT2D eigenvalue weighted by atomic mass is 9.67. The average molecular weight is 722 g/mol. The second-order valence-corrected chi connectivity index (χ2v) is 15.4. The molecule has 0 saturated heterocycles. The molecule has 0 atom stereocenters. The van der Waals surface area contributed by atoms with Crippen molar-refractivity contribution in [1.29, 1.82) is 0 Å². The van der Waals surface area contributed by atoms with Gasteiger partial charge in [-0.25, -0.2) is 0 Å². The summed E-state index contributed by atoms with van der Waals surface area (Å²) in [5.41, 5.74) is 21.5. The number of aromatic nitrogens is 2. The lowest BCUT2D eigenvalue weighted by Crippen LogP contribution is -2.28. The summed E-state index contributed by atoms with van der Waals surface area (Å²) in [6.07, 6.45) is 7.45. The quantitative estimate of drug-likeness (QED) is 0.186. The van der Waals surface area contributed by atoms with Crippen LogP contribution in [0.15, 0.2) is 157 Å². The van der Waals surface area contributed by atoms with E-state index in [1.807, 2.05) is 0 Å². The van der Waals surface area contributed by atoms with Crippen LogP contribution in [0.3, 0.4) is 0 Å². The van der Waals surface area contributed by atoms with Crippen molar-refractivity contribution in [2.24, 2.45) is 4.99 Å². The molecule has 6 aromatic carbocycles. The fraction of sp³-hybridized carbons (Fsp3) is 0.118. The third-order valence-corrected chi connectivity index (χ3v) is 12.7. The number of fused-ring (bicyclic) bond motifs is 10. The van der Waals surface area contributed by atoms with Crippen LogP contribution in [-0.4, -0.2) is 21.9 Å². The molecule has 5 heterocycles. The first-order valence-electron chi connectivity index (χ1n) is 19.8. The first-order chi connectivity index (χ1) is 27.8. The van der Waals surface area contributed by atoms with E-state index in [-0.39, 0.29) is 0 Å². The predicted molar refractivity (Wildman–Crippen MR) is 228 cm³/mol. The molecular formula is C51H39N5. The maximum atomic E-state index is 4.65. The van der Waals surface area contributed by atoms with Gasteiger partial charge in [-0.1, -0.05) is 121 Å². The molecule has 2 N–H and O–H groups in total. The largest absolute Gasteiger partial charge is 0.385 e. The fourth-order valence-electron chi connectivity index (χ4n) is 10.4. The van der Waals surface area contributed by atoms with Gasteiger partial charge in [0.1, 0.15) is 0 Å². The minimum absolute atomic E-state index is 0.453. The lowest BCUT2D eigenvalue weighted by Gasteiger charge is -2.33. The molecule has 1 aliphatic carbocycles. The second-order valence-electron chi connectivity index (χ2n) is 15.4. The Morgan fingerprint density at radius 1 is 0.571 bits per heavy atom. The van der Waals surface area contributed by atoms with Gasteiger partial charge in [-0.15, -0.1) is 0 Å². The van der Waals surface area contributed by atoms with Crippen LogP contribution in [0, 0.1) is 0 Å². The van der Waals surface area contributed by atoms with E-state index in [0.717, 1.165) is 38.3 Å². The third-order valence-electron chi connectivity index (χ3n) is 12.7. The van der Waals surface area contributed by atoms with Gasteiger partial charge >= 0.3 is 0 Å². The maximum absolute atomic E-state index is 4.65. The minimum atomic E-state index is -0.453. The summed E-state index contributed by atoms with van der Waals surface area (Å²) in [7, 11) is 0. The van der Waals surface area contributed by atoms with Gasteiger partial charge in [0.05, 0.1) is 28.9 Å².